The van der Waals surface area contributed by atoms with Crippen molar-refractivity contribution in [1.82, 2.24) is 9.78 Å². The van der Waals surface area contributed by atoms with Gasteiger partial charge in [0.15, 0.2) is 9.84 Å². The Morgan fingerprint density at radius 2 is 2.46 bits per heavy atom. The number of hydrogen-bond donors (Lipinski definition) is 0. The molecular formula is C7H10N2O3S. The Morgan fingerprint density at radius 3 is 2.92 bits per heavy atom. The molecule has 5 nitrogen and oxygen atoms in total. The molecule has 1 aromatic rings. The smallest absolute Gasteiger partial charge is 0.178 e. The molecular weight excluding hydrogens is 192 g/mol. The first kappa shape index (κ1) is 8.71. The molecule has 0 unspecified atom stereocenters. The highest BCUT2D eigenvalue weighted by Gasteiger charge is 2.23. The Bertz CT molecular complexity index is 405. The Hall–Kier alpha value is -0.880. The fraction of sp³-hybridized carbons (Fsp3) is 0.571. The monoisotopic (exact) mass is 202 g/mol. The van der Waals surface area contributed by atoms with Gasteiger partial charge in [-0.15, -0.1) is 0 Å². The van der Waals surface area contributed by atoms with Gasteiger partial charge in [0, 0.05) is 12.5 Å². The average Bonchev–Trinajstić information content (AvgIpc) is 2.63. The second kappa shape index (κ2) is 2.81. The number of rotatable bonds is 3. The SMILES string of the molecule is CS(=O)(=O)c1cnn(C[C@H]2CO2)c1. The summed E-state index contributed by atoms with van der Waals surface area (Å²) in [7, 11) is -3.12. The number of aromatic nitrogens is 2. The minimum Gasteiger partial charge on any atom is -0.371 e. The van der Waals surface area contributed by atoms with Gasteiger partial charge in [-0.2, -0.15) is 5.10 Å². The first-order chi connectivity index (χ1) is 6.05. The number of sulfone groups is 1. The van der Waals surface area contributed by atoms with E-state index < -0.39 is 9.84 Å². The standard InChI is InChI=1S/C7H10N2O3S/c1-13(10,11)7-2-8-9(4-7)3-6-5-12-6/h2,4,6H,3,5H2,1H3/t6-/m0/s1. The molecule has 0 aromatic carbocycles. The molecule has 6 heteroatoms. The minimum atomic E-state index is -3.12. The maximum absolute atomic E-state index is 11.1. The van der Waals surface area contributed by atoms with E-state index in [4.69, 9.17) is 4.74 Å². The van der Waals surface area contributed by atoms with Crippen LogP contribution in [0.15, 0.2) is 17.3 Å². The molecule has 0 bridgehead atoms. The lowest BCUT2D eigenvalue weighted by molar-refractivity contribution is 0.373. The van der Waals surface area contributed by atoms with Crippen LogP contribution >= 0.6 is 0 Å². The summed E-state index contributed by atoms with van der Waals surface area (Å²) in [6, 6.07) is 0. The molecule has 0 radical (unpaired) electrons. The quantitative estimate of drug-likeness (QED) is 0.630. The number of epoxide rings is 1. The molecule has 0 N–H and O–H groups in total. The van der Waals surface area contributed by atoms with E-state index in [2.05, 4.69) is 5.10 Å². The Morgan fingerprint density at radius 1 is 1.77 bits per heavy atom. The first-order valence-corrected chi connectivity index (χ1v) is 5.79. The molecule has 0 amide bonds. The zero-order chi connectivity index (χ0) is 9.47. The minimum absolute atomic E-state index is 0.215. The van der Waals surface area contributed by atoms with Gasteiger partial charge in [-0.05, 0) is 0 Å². The summed E-state index contributed by atoms with van der Waals surface area (Å²) in [4.78, 5) is 0.258. The molecule has 1 fully saturated rings. The molecule has 2 rings (SSSR count). The lowest BCUT2D eigenvalue weighted by Crippen LogP contribution is -2.04. The zero-order valence-corrected chi connectivity index (χ0v) is 7.99. The third kappa shape index (κ3) is 2.07. The van der Waals surface area contributed by atoms with E-state index in [9.17, 15) is 8.42 Å². The van der Waals surface area contributed by atoms with Crippen LogP contribution in [0.3, 0.4) is 0 Å². The van der Waals surface area contributed by atoms with Gasteiger partial charge in [0.2, 0.25) is 0 Å². The van der Waals surface area contributed by atoms with Gasteiger partial charge in [-0.3, -0.25) is 4.68 Å². The summed E-state index contributed by atoms with van der Waals surface area (Å²) < 4.78 is 28.7. The molecule has 1 saturated heterocycles. The molecule has 0 saturated carbocycles. The van der Waals surface area contributed by atoms with Crippen molar-refractivity contribution in [3.05, 3.63) is 12.4 Å². The molecule has 13 heavy (non-hydrogen) atoms. The van der Waals surface area contributed by atoms with Crippen molar-refractivity contribution in [2.45, 2.75) is 17.5 Å². The van der Waals surface area contributed by atoms with Gasteiger partial charge in [0.05, 0.1) is 19.3 Å². The van der Waals surface area contributed by atoms with Gasteiger partial charge < -0.3 is 4.74 Å². The van der Waals surface area contributed by atoms with Crippen LogP contribution in [0.4, 0.5) is 0 Å². The summed E-state index contributed by atoms with van der Waals surface area (Å²) in [5, 5.41) is 3.92. The molecule has 72 valence electrons. The predicted molar refractivity (Wildman–Crippen MR) is 45.1 cm³/mol. The Balaban J connectivity index is 2.17. The van der Waals surface area contributed by atoms with Crippen molar-refractivity contribution in [3.8, 4) is 0 Å². The summed E-state index contributed by atoms with van der Waals surface area (Å²) in [5.41, 5.74) is 0. The first-order valence-electron chi connectivity index (χ1n) is 3.90. The highest BCUT2D eigenvalue weighted by Crippen LogP contribution is 2.13. The van der Waals surface area contributed by atoms with Crippen LogP contribution in [0.25, 0.3) is 0 Å². The van der Waals surface area contributed by atoms with E-state index in [1.54, 1.807) is 4.68 Å². The van der Waals surface area contributed by atoms with E-state index in [0.29, 0.717) is 6.54 Å². The van der Waals surface area contributed by atoms with Crippen LogP contribution in [0.1, 0.15) is 0 Å². The second-order valence-electron chi connectivity index (χ2n) is 3.13. The van der Waals surface area contributed by atoms with Crippen molar-refractivity contribution in [3.63, 3.8) is 0 Å². The van der Waals surface area contributed by atoms with Gasteiger partial charge in [-0.25, -0.2) is 8.42 Å². The maximum Gasteiger partial charge on any atom is 0.178 e. The second-order valence-corrected chi connectivity index (χ2v) is 5.14. The highest BCUT2D eigenvalue weighted by atomic mass is 32.2. The molecule has 1 aliphatic heterocycles. The summed E-state index contributed by atoms with van der Waals surface area (Å²) >= 11 is 0. The van der Waals surface area contributed by atoms with Crippen molar-refractivity contribution in [2.24, 2.45) is 0 Å². The van der Waals surface area contributed by atoms with Crippen LogP contribution < -0.4 is 0 Å². The van der Waals surface area contributed by atoms with Crippen LogP contribution in [0.5, 0.6) is 0 Å². The van der Waals surface area contributed by atoms with Crippen LogP contribution in [-0.2, 0) is 21.1 Å². The molecule has 2 heterocycles. The number of ether oxygens (including phenoxy) is 1. The summed E-state index contributed by atoms with van der Waals surface area (Å²) in [5.74, 6) is 0. The van der Waals surface area contributed by atoms with Crippen molar-refractivity contribution in [2.75, 3.05) is 12.9 Å². The van der Waals surface area contributed by atoms with E-state index in [1.165, 1.54) is 18.6 Å². The van der Waals surface area contributed by atoms with Crippen molar-refractivity contribution < 1.29 is 13.2 Å². The van der Waals surface area contributed by atoms with Crippen molar-refractivity contribution in [1.29, 1.82) is 0 Å². The van der Waals surface area contributed by atoms with Gasteiger partial charge in [0.25, 0.3) is 0 Å². The lowest BCUT2D eigenvalue weighted by atomic mass is 10.5. The fourth-order valence-electron chi connectivity index (χ4n) is 1.02. The predicted octanol–water partition coefficient (Wildman–Crippen LogP) is -0.315. The summed E-state index contributed by atoms with van der Waals surface area (Å²) in [6.45, 7) is 1.38. The molecule has 0 aliphatic carbocycles. The van der Waals surface area contributed by atoms with Crippen molar-refractivity contribution >= 4 is 9.84 Å². The Kier molecular flexibility index (Phi) is 1.88. The van der Waals surface area contributed by atoms with Crippen LogP contribution in [-0.4, -0.2) is 37.2 Å². The topological polar surface area (TPSA) is 64.5 Å². The lowest BCUT2D eigenvalue weighted by Gasteiger charge is -1.94. The van der Waals surface area contributed by atoms with E-state index in [1.807, 2.05) is 0 Å². The van der Waals surface area contributed by atoms with Crippen LogP contribution in [0, 0.1) is 0 Å². The highest BCUT2D eigenvalue weighted by molar-refractivity contribution is 7.90. The van der Waals surface area contributed by atoms with E-state index >= 15 is 0 Å². The molecule has 1 aromatic heterocycles. The molecule has 0 spiro atoms. The van der Waals surface area contributed by atoms with Gasteiger partial charge in [0.1, 0.15) is 11.0 Å². The number of nitrogens with zero attached hydrogens (tertiary/aromatic N) is 2. The summed E-state index contributed by atoms with van der Waals surface area (Å²) in [6.07, 6.45) is 4.27. The number of hydrogen-bond acceptors (Lipinski definition) is 4. The maximum atomic E-state index is 11.1. The third-order valence-electron chi connectivity index (χ3n) is 1.83. The average molecular weight is 202 g/mol. The molecule has 1 atom stereocenters. The fourth-order valence-corrected chi connectivity index (χ4v) is 1.57. The van der Waals surface area contributed by atoms with Gasteiger partial charge in [-0.1, -0.05) is 0 Å². The largest absolute Gasteiger partial charge is 0.371 e. The third-order valence-corrected chi connectivity index (χ3v) is 2.90. The van der Waals surface area contributed by atoms with Gasteiger partial charge >= 0.3 is 0 Å². The molecule has 1 aliphatic rings. The van der Waals surface area contributed by atoms with Crippen LogP contribution in [0.2, 0.25) is 0 Å². The van der Waals surface area contributed by atoms with E-state index in [-0.39, 0.29) is 11.0 Å². The zero-order valence-electron chi connectivity index (χ0n) is 7.17. The van der Waals surface area contributed by atoms with E-state index in [0.717, 1.165) is 6.61 Å². The Labute approximate surface area is 76.2 Å². The normalized spacial score (nSPS) is 21.8.